The zero-order valence-electron chi connectivity index (χ0n) is 12.7. The molecule has 22 heavy (non-hydrogen) atoms. The molecule has 6 nitrogen and oxygen atoms in total. The highest BCUT2D eigenvalue weighted by atomic mass is 16.5. The molecule has 1 amide bonds. The van der Waals surface area contributed by atoms with E-state index in [1.165, 1.54) is 7.11 Å². The van der Waals surface area contributed by atoms with Crippen molar-refractivity contribution in [1.82, 2.24) is 14.9 Å². The van der Waals surface area contributed by atoms with Crippen molar-refractivity contribution in [3.8, 4) is 0 Å². The lowest BCUT2D eigenvalue weighted by Crippen LogP contribution is -2.36. The third kappa shape index (κ3) is 3.28. The SMILES string of the molecule is COCC(O)CNC(=O)Cn1c(C2CC2)nc2ccccc21. The molecule has 2 N–H and O–H groups in total. The average Bonchev–Trinajstić information content (AvgIpc) is 3.29. The Hall–Kier alpha value is -1.92. The van der Waals surface area contributed by atoms with Gasteiger partial charge in [-0.2, -0.15) is 0 Å². The van der Waals surface area contributed by atoms with Crippen molar-refractivity contribution in [2.45, 2.75) is 31.4 Å². The average molecular weight is 303 g/mol. The van der Waals surface area contributed by atoms with E-state index >= 15 is 0 Å². The van der Waals surface area contributed by atoms with Crippen LogP contribution in [0.15, 0.2) is 24.3 Å². The minimum absolute atomic E-state index is 0.125. The van der Waals surface area contributed by atoms with E-state index in [-0.39, 0.29) is 25.6 Å². The summed E-state index contributed by atoms with van der Waals surface area (Å²) in [7, 11) is 1.52. The molecule has 1 saturated carbocycles. The Morgan fingerprint density at radius 3 is 3.00 bits per heavy atom. The normalized spacial score (nSPS) is 15.9. The maximum absolute atomic E-state index is 12.1. The lowest BCUT2D eigenvalue weighted by atomic mass is 10.3. The van der Waals surface area contributed by atoms with E-state index in [1.54, 1.807) is 0 Å². The first-order chi connectivity index (χ1) is 10.7. The summed E-state index contributed by atoms with van der Waals surface area (Å²) in [6.07, 6.45) is 1.59. The highest BCUT2D eigenvalue weighted by Gasteiger charge is 2.30. The predicted molar refractivity (Wildman–Crippen MR) is 82.6 cm³/mol. The van der Waals surface area contributed by atoms with Crippen LogP contribution in [0.1, 0.15) is 24.6 Å². The van der Waals surface area contributed by atoms with Crippen LogP contribution in [0, 0.1) is 0 Å². The fraction of sp³-hybridized carbons (Fsp3) is 0.500. The van der Waals surface area contributed by atoms with E-state index in [1.807, 2.05) is 28.8 Å². The standard InChI is InChI=1S/C16H21N3O3/c1-22-10-12(20)8-17-15(21)9-19-14-5-3-2-4-13(14)18-16(19)11-6-7-11/h2-5,11-12,20H,6-10H2,1H3,(H,17,21). The van der Waals surface area contributed by atoms with Gasteiger partial charge in [-0.25, -0.2) is 4.98 Å². The van der Waals surface area contributed by atoms with Gasteiger partial charge in [0, 0.05) is 19.6 Å². The fourth-order valence-electron chi connectivity index (χ4n) is 2.60. The fourth-order valence-corrected chi connectivity index (χ4v) is 2.60. The lowest BCUT2D eigenvalue weighted by molar-refractivity contribution is -0.122. The number of para-hydroxylation sites is 2. The molecule has 1 aliphatic carbocycles. The zero-order chi connectivity index (χ0) is 15.5. The monoisotopic (exact) mass is 303 g/mol. The molecule has 1 unspecified atom stereocenters. The summed E-state index contributed by atoms with van der Waals surface area (Å²) in [6, 6.07) is 7.87. The molecular formula is C16H21N3O3. The topological polar surface area (TPSA) is 76.4 Å². The largest absolute Gasteiger partial charge is 0.389 e. The minimum atomic E-state index is -0.684. The van der Waals surface area contributed by atoms with Gasteiger partial charge in [-0.3, -0.25) is 4.79 Å². The lowest BCUT2D eigenvalue weighted by Gasteiger charge is -2.12. The Balaban J connectivity index is 1.72. The summed E-state index contributed by atoms with van der Waals surface area (Å²) in [4.78, 5) is 16.8. The molecule has 2 aromatic rings. The first kappa shape index (κ1) is 15.0. The van der Waals surface area contributed by atoms with Crippen LogP contribution in [0.25, 0.3) is 11.0 Å². The summed E-state index contributed by atoms with van der Waals surface area (Å²) in [6.45, 7) is 0.631. The number of imidazole rings is 1. The van der Waals surface area contributed by atoms with E-state index in [4.69, 9.17) is 4.74 Å². The number of aliphatic hydroxyl groups excluding tert-OH is 1. The van der Waals surface area contributed by atoms with Gasteiger partial charge in [-0.1, -0.05) is 12.1 Å². The van der Waals surface area contributed by atoms with Crippen molar-refractivity contribution < 1.29 is 14.6 Å². The molecule has 1 aliphatic rings. The molecule has 1 aromatic carbocycles. The number of nitrogens with zero attached hydrogens (tertiary/aromatic N) is 2. The van der Waals surface area contributed by atoms with Crippen LogP contribution in [0.4, 0.5) is 0 Å². The van der Waals surface area contributed by atoms with Crippen LogP contribution < -0.4 is 5.32 Å². The van der Waals surface area contributed by atoms with Gasteiger partial charge in [0.2, 0.25) is 5.91 Å². The van der Waals surface area contributed by atoms with Crippen LogP contribution in [0.3, 0.4) is 0 Å². The van der Waals surface area contributed by atoms with Crippen LogP contribution in [0.5, 0.6) is 0 Å². The number of hydrogen-bond donors (Lipinski definition) is 2. The van der Waals surface area contributed by atoms with Crippen LogP contribution in [-0.2, 0) is 16.1 Å². The van der Waals surface area contributed by atoms with Gasteiger partial charge in [0.05, 0.1) is 23.7 Å². The Morgan fingerprint density at radius 2 is 2.27 bits per heavy atom. The Labute approximate surface area is 129 Å². The first-order valence-corrected chi connectivity index (χ1v) is 7.58. The van der Waals surface area contributed by atoms with Gasteiger partial charge in [0.1, 0.15) is 12.4 Å². The molecular weight excluding hydrogens is 282 g/mol. The summed E-state index contributed by atoms with van der Waals surface area (Å²) >= 11 is 0. The molecule has 0 aliphatic heterocycles. The van der Waals surface area contributed by atoms with E-state index in [2.05, 4.69) is 10.3 Å². The summed E-state index contributed by atoms with van der Waals surface area (Å²) in [5.41, 5.74) is 1.91. The van der Waals surface area contributed by atoms with Crippen molar-refractivity contribution in [3.63, 3.8) is 0 Å². The number of rotatable bonds is 7. The quantitative estimate of drug-likeness (QED) is 0.801. The molecule has 1 atom stereocenters. The zero-order valence-corrected chi connectivity index (χ0v) is 12.7. The maximum Gasteiger partial charge on any atom is 0.240 e. The van der Waals surface area contributed by atoms with Crippen molar-refractivity contribution in [2.24, 2.45) is 0 Å². The molecule has 0 spiro atoms. The highest BCUT2D eigenvalue weighted by molar-refractivity contribution is 5.81. The third-order valence-electron chi connectivity index (χ3n) is 3.82. The number of ether oxygens (including phenoxy) is 1. The second-order valence-electron chi connectivity index (χ2n) is 5.73. The van der Waals surface area contributed by atoms with Gasteiger partial charge in [0.15, 0.2) is 0 Å². The molecule has 6 heteroatoms. The van der Waals surface area contributed by atoms with Crippen molar-refractivity contribution in [2.75, 3.05) is 20.3 Å². The van der Waals surface area contributed by atoms with Gasteiger partial charge in [-0.05, 0) is 25.0 Å². The first-order valence-electron chi connectivity index (χ1n) is 7.58. The van der Waals surface area contributed by atoms with Gasteiger partial charge in [-0.15, -0.1) is 0 Å². The molecule has 1 fully saturated rings. The number of amides is 1. The van der Waals surface area contributed by atoms with Gasteiger partial charge < -0.3 is 19.7 Å². The second kappa shape index (κ2) is 6.46. The van der Waals surface area contributed by atoms with Crippen molar-refractivity contribution in [3.05, 3.63) is 30.1 Å². The number of carbonyl (C=O) groups is 1. The number of carbonyl (C=O) groups excluding carboxylic acids is 1. The number of hydrogen-bond acceptors (Lipinski definition) is 4. The minimum Gasteiger partial charge on any atom is -0.389 e. The summed E-state index contributed by atoms with van der Waals surface area (Å²) in [5, 5.41) is 12.3. The number of aliphatic hydroxyl groups is 1. The van der Waals surface area contributed by atoms with E-state index in [0.29, 0.717) is 5.92 Å². The molecule has 0 radical (unpaired) electrons. The highest BCUT2D eigenvalue weighted by Crippen LogP contribution is 2.40. The predicted octanol–water partition coefficient (Wildman–Crippen LogP) is 1.04. The second-order valence-corrected chi connectivity index (χ2v) is 5.73. The number of benzene rings is 1. The smallest absolute Gasteiger partial charge is 0.240 e. The Bertz CT molecular complexity index is 664. The Morgan fingerprint density at radius 1 is 1.50 bits per heavy atom. The molecule has 1 heterocycles. The van der Waals surface area contributed by atoms with Crippen LogP contribution in [-0.4, -0.2) is 46.9 Å². The Kier molecular flexibility index (Phi) is 4.40. The molecule has 3 rings (SSSR count). The summed E-state index contributed by atoms with van der Waals surface area (Å²) in [5.74, 6) is 1.34. The molecule has 1 aromatic heterocycles. The molecule has 0 saturated heterocycles. The number of fused-ring (bicyclic) bond motifs is 1. The maximum atomic E-state index is 12.1. The van der Waals surface area contributed by atoms with Gasteiger partial charge >= 0.3 is 0 Å². The molecule has 0 bridgehead atoms. The van der Waals surface area contributed by atoms with E-state index < -0.39 is 6.10 Å². The van der Waals surface area contributed by atoms with Crippen molar-refractivity contribution in [1.29, 1.82) is 0 Å². The van der Waals surface area contributed by atoms with Crippen molar-refractivity contribution >= 4 is 16.9 Å². The molecule has 118 valence electrons. The van der Waals surface area contributed by atoms with Gasteiger partial charge in [0.25, 0.3) is 0 Å². The van der Waals surface area contributed by atoms with E-state index in [9.17, 15) is 9.90 Å². The van der Waals surface area contributed by atoms with Crippen LogP contribution in [0.2, 0.25) is 0 Å². The van der Waals surface area contributed by atoms with Crippen LogP contribution >= 0.6 is 0 Å². The summed E-state index contributed by atoms with van der Waals surface area (Å²) < 4.78 is 6.83. The van der Waals surface area contributed by atoms with E-state index in [0.717, 1.165) is 29.7 Å². The number of nitrogens with one attached hydrogen (secondary N) is 1. The number of aromatic nitrogens is 2. The third-order valence-corrected chi connectivity index (χ3v) is 3.82. The number of methoxy groups -OCH3 is 1.